The molecule has 0 fully saturated rings. The highest BCUT2D eigenvalue weighted by molar-refractivity contribution is 5.44. The van der Waals surface area contributed by atoms with E-state index in [1.807, 2.05) is 0 Å². The van der Waals surface area contributed by atoms with Gasteiger partial charge in [0.2, 0.25) is 5.69 Å². The van der Waals surface area contributed by atoms with E-state index in [0.717, 1.165) is 0 Å². The quantitative estimate of drug-likeness (QED) is 0.257. The molecule has 0 aromatic heterocycles. The summed E-state index contributed by atoms with van der Waals surface area (Å²) < 4.78 is 53.7. The van der Waals surface area contributed by atoms with Crippen LogP contribution < -0.4 is 0 Å². The summed E-state index contributed by atoms with van der Waals surface area (Å²) in [6.45, 7) is 6.23. The second-order valence-corrected chi connectivity index (χ2v) is 3.92. The zero-order chi connectivity index (χ0) is 13.2. The summed E-state index contributed by atoms with van der Waals surface area (Å²) in [5, 5.41) is 2.93. The maximum Gasteiger partial charge on any atom is 0.296 e. The zero-order valence-corrected chi connectivity index (χ0v) is 9.40. The van der Waals surface area contributed by atoms with Gasteiger partial charge in [-0.05, 0) is 12.3 Å². The van der Waals surface area contributed by atoms with Gasteiger partial charge < -0.3 is 0 Å². The predicted octanol–water partition coefficient (Wildman–Crippen LogP) is 3.43. The maximum absolute atomic E-state index is 13.5. The van der Waals surface area contributed by atoms with Gasteiger partial charge in [0.05, 0.1) is 0 Å². The van der Waals surface area contributed by atoms with Crippen LogP contribution in [-0.2, 0) is 6.42 Å². The summed E-state index contributed by atoms with van der Waals surface area (Å²) in [5.74, 6) is -6.10. The van der Waals surface area contributed by atoms with E-state index in [-0.39, 0.29) is 12.3 Å². The van der Waals surface area contributed by atoms with Crippen LogP contribution >= 0.6 is 0 Å². The van der Waals surface area contributed by atoms with Crippen LogP contribution in [0.1, 0.15) is 19.4 Å². The molecule has 0 radical (unpaired) electrons. The van der Waals surface area contributed by atoms with Gasteiger partial charge in [-0.1, -0.05) is 13.8 Å². The topological polar surface area (TPSA) is 26.5 Å². The van der Waals surface area contributed by atoms with E-state index >= 15 is 0 Å². The van der Waals surface area contributed by atoms with E-state index in [1.54, 1.807) is 13.8 Å². The first-order chi connectivity index (χ1) is 7.90. The lowest BCUT2D eigenvalue weighted by Crippen LogP contribution is -2.07. The van der Waals surface area contributed by atoms with Gasteiger partial charge in [0.15, 0.2) is 23.3 Å². The van der Waals surface area contributed by atoms with Crippen molar-refractivity contribution < 1.29 is 22.4 Å². The van der Waals surface area contributed by atoms with Gasteiger partial charge in [0.1, 0.15) is 5.11 Å². The Labute approximate surface area is 95.7 Å². The largest absolute Gasteiger partial charge is 0.296 e. The van der Waals surface area contributed by atoms with Crippen molar-refractivity contribution in [1.29, 1.82) is 0 Å². The predicted molar refractivity (Wildman–Crippen MR) is 54.3 cm³/mol. The molecular weight excluding hydrogens is 236 g/mol. The number of nitrogens with zero attached hydrogens (tertiary/aromatic N) is 2. The maximum atomic E-state index is 13.5. The number of halogens is 4. The fraction of sp³-hybridized carbons (Fsp3) is 0.364. The first kappa shape index (κ1) is 13.4. The summed E-state index contributed by atoms with van der Waals surface area (Å²) in [6, 6.07) is 0. The second kappa shape index (κ2) is 5.10. The summed E-state index contributed by atoms with van der Waals surface area (Å²) in [5.41, 5.74) is -1.71. The number of hydrogen-bond donors (Lipinski definition) is 0. The van der Waals surface area contributed by atoms with Gasteiger partial charge in [0, 0.05) is 10.4 Å². The van der Waals surface area contributed by atoms with Crippen LogP contribution in [0.3, 0.4) is 0 Å². The van der Waals surface area contributed by atoms with Crippen LogP contribution in [-0.4, -0.2) is 11.5 Å². The van der Waals surface area contributed by atoms with E-state index in [9.17, 15) is 17.6 Å². The fourth-order valence-corrected chi connectivity index (χ4v) is 1.41. The highest BCUT2D eigenvalue weighted by atomic mass is 19.2. The summed E-state index contributed by atoms with van der Waals surface area (Å²) >= 11 is 0. The Morgan fingerprint density at radius 1 is 1.06 bits per heavy atom. The molecule has 0 unspecified atom stereocenters. The third-order valence-electron chi connectivity index (χ3n) is 2.11. The summed E-state index contributed by atoms with van der Waals surface area (Å²) in [4.78, 5) is 2.86. The van der Waals surface area contributed by atoms with Gasteiger partial charge in [-0.25, -0.2) is 17.6 Å². The Morgan fingerprint density at radius 2 is 1.53 bits per heavy atom. The van der Waals surface area contributed by atoms with E-state index in [1.165, 1.54) is 0 Å². The lowest BCUT2D eigenvalue weighted by Gasteiger charge is -2.09. The Bertz CT molecular complexity index is 462. The molecule has 2 nitrogen and oxygen atoms in total. The minimum Gasteiger partial charge on any atom is -0.203 e. The highest BCUT2D eigenvalue weighted by Gasteiger charge is 2.27. The first-order valence-electron chi connectivity index (χ1n) is 4.91. The molecular formula is C11H11F4N2+. The fourth-order valence-electron chi connectivity index (χ4n) is 1.41. The van der Waals surface area contributed by atoms with Crippen LogP contribution in [0, 0.1) is 29.2 Å². The first-order valence-corrected chi connectivity index (χ1v) is 4.91. The molecule has 0 aliphatic heterocycles. The average molecular weight is 247 g/mol. The Morgan fingerprint density at radius 3 is 1.88 bits per heavy atom. The zero-order valence-electron chi connectivity index (χ0n) is 9.40. The lowest BCUT2D eigenvalue weighted by atomic mass is 10.0. The molecule has 92 valence electrons. The van der Waals surface area contributed by atoms with Crippen LogP contribution in [0.15, 0.2) is 5.11 Å². The minimum atomic E-state index is -1.55. The Hall–Kier alpha value is -1.68. The van der Waals surface area contributed by atoms with Crippen LogP contribution in [0.5, 0.6) is 0 Å². The average Bonchev–Trinajstić information content (AvgIpc) is 2.27. The molecule has 0 atom stereocenters. The van der Waals surface area contributed by atoms with Crippen molar-refractivity contribution in [2.24, 2.45) is 11.0 Å². The van der Waals surface area contributed by atoms with Crippen molar-refractivity contribution in [3.63, 3.8) is 0 Å². The van der Waals surface area contributed by atoms with Crippen LogP contribution in [0.4, 0.5) is 23.2 Å². The molecule has 0 spiro atoms. The van der Waals surface area contributed by atoms with E-state index < -0.39 is 34.5 Å². The van der Waals surface area contributed by atoms with Gasteiger partial charge >= 0.3 is 0 Å². The van der Waals surface area contributed by atoms with Crippen molar-refractivity contribution in [2.45, 2.75) is 20.3 Å². The van der Waals surface area contributed by atoms with Crippen molar-refractivity contribution in [3.8, 4) is 0 Å². The molecule has 0 bridgehead atoms. The second-order valence-electron chi connectivity index (χ2n) is 3.92. The molecule has 0 heterocycles. The van der Waals surface area contributed by atoms with Crippen molar-refractivity contribution in [2.75, 3.05) is 0 Å². The number of hydrogen-bond acceptors (Lipinski definition) is 1. The van der Waals surface area contributed by atoms with Crippen LogP contribution in [0.25, 0.3) is 0 Å². The normalized spacial score (nSPS) is 10.5. The monoisotopic (exact) mass is 247 g/mol. The van der Waals surface area contributed by atoms with E-state index in [2.05, 4.69) is 16.6 Å². The highest BCUT2D eigenvalue weighted by Crippen LogP contribution is 2.31. The third kappa shape index (κ3) is 2.53. The Kier molecular flexibility index (Phi) is 4.02. The van der Waals surface area contributed by atoms with Crippen molar-refractivity contribution in [3.05, 3.63) is 28.8 Å². The molecule has 1 aromatic carbocycles. The summed E-state index contributed by atoms with van der Waals surface area (Å²) in [7, 11) is 0. The summed E-state index contributed by atoms with van der Waals surface area (Å²) in [6.07, 6.45) is -0.104. The SMILES string of the molecule is C=[N+]=Nc1c(F)c(F)c(CC(C)C)c(F)c1F. The smallest absolute Gasteiger partial charge is 0.203 e. The molecule has 0 amide bonds. The molecule has 1 rings (SSSR count). The molecule has 0 N–H and O–H groups in total. The molecule has 17 heavy (non-hydrogen) atoms. The molecule has 0 saturated heterocycles. The van der Waals surface area contributed by atoms with Crippen molar-refractivity contribution >= 4 is 12.4 Å². The van der Waals surface area contributed by atoms with Gasteiger partial charge in [-0.2, -0.15) is 0 Å². The van der Waals surface area contributed by atoms with E-state index in [0.29, 0.717) is 0 Å². The third-order valence-corrected chi connectivity index (χ3v) is 2.11. The van der Waals surface area contributed by atoms with Crippen molar-refractivity contribution in [1.82, 2.24) is 0 Å². The standard InChI is InChI=1S/C11H11F4N2/c1-5(2)4-6-7(12)9(14)11(17-16-3)10(15)8(6)13/h5H,3-4H2,1-2H3/q+1. The minimum absolute atomic E-state index is 0.104. The van der Waals surface area contributed by atoms with E-state index in [4.69, 9.17) is 0 Å². The molecule has 0 aliphatic rings. The van der Waals surface area contributed by atoms with Gasteiger partial charge in [0.25, 0.3) is 6.72 Å². The van der Waals surface area contributed by atoms with Gasteiger partial charge in [-0.15, -0.1) is 0 Å². The number of benzene rings is 1. The molecule has 0 saturated carbocycles. The van der Waals surface area contributed by atoms with Gasteiger partial charge in [-0.3, -0.25) is 0 Å². The Balaban J connectivity index is 3.52. The molecule has 0 aliphatic carbocycles. The number of rotatable bonds is 3. The van der Waals surface area contributed by atoms with Crippen LogP contribution in [0.2, 0.25) is 0 Å². The molecule has 1 aromatic rings. The lowest BCUT2D eigenvalue weighted by molar-refractivity contribution is -0.0645. The molecule has 6 heteroatoms.